The number of piperazine rings is 1. The smallest absolute Gasteiger partial charge is 0.0249 e. The van der Waals surface area contributed by atoms with Crippen molar-refractivity contribution in [3.63, 3.8) is 0 Å². The minimum atomic E-state index is 0.832. The van der Waals surface area contributed by atoms with Crippen LogP contribution in [0.4, 0.5) is 0 Å². The van der Waals surface area contributed by atoms with Gasteiger partial charge in [0.2, 0.25) is 0 Å². The lowest BCUT2D eigenvalue weighted by Gasteiger charge is -2.43. The molecule has 2 rings (SSSR count). The van der Waals surface area contributed by atoms with Crippen LogP contribution in [0.15, 0.2) is 0 Å². The van der Waals surface area contributed by atoms with Gasteiger partial charge in [0.05, 0.1) is 0 Å². The molecule has 0 amide bonds. The molecule has 2 heteroatoms. The predicted octanol–water partition coefficient (Wildman–Crippen LogP) is 3.28. The largest absolute Gasteiger partial charge is 0.314 e. The number of nitrogens with zero attached hydrogens (tertiary/aromatic N) is 1. The lowest BCUT2D eigenvalue weighted by molar-refractivity contribution is 0.0783. The molecule has 1 aliphatic carbocycles. The van der Waals surface area contributed by atoms with Crippen molar-refractivity contribution in [1.29, 1.82) is 0 Å². The lowest BCUT2D eigenvalue weighted by Crippen LogP contribution is -2.55. The quantitative estimate of drug-likeness (QED) is 0.808. The number of hydrogen-bond acceptors (Lipinski definition) is 2. The summed E-state index contributed by atoms with van der Waals surface area (Å²) in [6, 6.07) is 0.832. The third-order valence-electron chi connectivity index (χ3n) is 4.92. The number of hydrogen-bond donors (Lipinski definition) is 1. The molecule has 0 spiro atoms. The molecule has 0 aromatic heterocycles. The molecule has 1 aliphatic heterocycles. The van der Waals surface area contributed by atoms with E-state index in [1.54, 1.807) is 0 Å². The van der Waals surface area contributed by atoms with E-state index < -0.39 is 0 Å². The Morgan fingerprint density at radius 1 is 1.22 bits per heavy atom. The number of rotatable bonds is 5. The fraction of sp³-hybridized carbons (Fsp3) is 1.00. The van der Waals surface area contributed by atoms with Crippen molar-refractivity contribution in [3.05, 3.63) is 0 Å². The molecule has 2 atom stereocenters. The first-order chi connectivity index (χ1) is 8.81. The van der Waals surface area contributed by atoms with Gasteiger partial charge in [-0.15, -0.1) is 0 Å². The summed E-state index contributed by atoms with van der Waals surface area (Å²) in [6.07, 6.45) is 10.1. The molecule has 2 nitrogen and oxygen atoms in total. The molecule has 0 aromatic rings. The van der Waals surface area contributed by atoms with Crippen LogP contribution in [0.1, 0.15) is 58.8 Å². The highest BCUT2D eigenvalue weighted by atomic mass is 15.2. The van der Waals surface area contributed by atoms with Crippen molar-refractivity contribution in [2.24, 2.45) is 11.8 Å². The number of nitrogens with one attached hydrogen (secondary N) is 1. The highest BCUT2D eigenvalue weighted by Crippen LogP contribution is 2.30. The van der Waals surface area contributed by atoms with E-state index in [4.69, 9.17) is 0 Å². The second kappa shape index (κ2) is 7.49. The summed E-state index contributed by atoms with van der Waals surface area (Å²) < 4.78 is 0. The van der Waals surface area contributed by atoms with Gasteiger partial charge in [0.15, 0.2) is 0 Å². The van der Waals surface area contributed by atoms with E-state index in [0.29, 0.717) is 0 Å². The molecule has 2 aliphatic rings. The molecule has 18 heavy (non-hydrogen) atoms. The van der Waals surface area contributed by atoms with Crippen LogP contribution in [0, 0.1) is 11.8 Å². The van der Waals surface area contributed by atoms with Crippen LogP contribution >= 0.6 is 0 Å². The summed E-state index contributed by atoms with van der Waals surface area (Å²) in [4.78, 5) is 2.81. The first-order valence-electron chi connectivity index (χ1n) is 8.26. The maximum atomic E-state index is 3.63. The van der Waals surface area contributed by atoms with Crippen LogP contribution < -0.4 is 5.32 Å². The van der Waals surface area contributed by atoms with Gasteiger partial charge in [-0.05, 0) is 31.1 Å². The fourth-order valence-corrected chi connectivity index (χ4v) is 3.96. The second-order valence-electron chi connectivity index (χ2n) is 6.56. The standard InChI is InChI=1S/C16H32N2/c1-3-7-14(2)13-18-11-10-17-12-16(18)15-8-5-4-6-9-15/h14-17H,3-13H2,1-2H3. The molecule has 1 N–H and O–H groups in total. The minimum absolute atomic E-state index is 0.832. The highest BCUT2D eigenvalue weighted by molar-refractivity contribution is 4.87. The molecule has 1 saturated heterocycles. The highest BCUT2D eigenvalue weighted by Gasteiger charge is 2.30. The van der Waals surface area contributed by atoms with Crippen molar-refractivity contribution < 1.29 is 0 Å². The van der Waals surface area contributed by atoms with Crippen LogP contribution in [0.5, 0.6) is 0 Å². The Morgan fingerprint density at radius 3 is 2.72 bits per heavy atom. The van der Waals surface area contributed by atoms with Gasteiger partial charge in [-0.1, -0.05) is 39.5 Å². The van der Waals surface area contributed by atoms with Gasteiger partial charge in [-0.2, -0.15) is 0 Å². The third kappa shape index (κ3) is 3.96. The van der Waals surface area contributed by atoms with Gasteiger partial charge in [0, 0.05) is 32.2 Å². The Hall–Kier alpha value is -0.0800. The van der Waals surface area contributed by atoms with E-state index in [-0.39, 0.29) is 0 Å². The van der Waals surface area contributed by atoms with Crippen LogP contribution in [0.3, 0.4) is 0 Å². The lowest BCUT2D eigenvalue weighted by atomic mass is 9.82. The summed E-state index contributed by atoms with van der Waals surface area (Å²) in [7, 11) is 0. The summed E-state index contributed by atoms with van der Waals surface area (Å²) in [5.41, 5.74) is 0. The Bertz CT molecular complexity index is 223. The van der Waals surface area contributed by atoms with E-state index in [2.05, 4.69) is 24.1 Å². The van der Waals surface area contributed by atoms with Gasteiger partial charge >= 0.3 is 0 Å². The minimum Gasteiger partial charge on any atom is -0.314 e. The van der Waals surface area contributed by atoms with E-state index in [0.717, 1.165) is 17.9 Å². The first-order valence-corrected chi connectivity index (χ1v) is 8.26. The molecular weight excluding hydrogens is 220 g/mol. The van der Waals surface area contributed by atoms with E-state index in [9.17, 15) is 0 Å². The zero-order valence-electron chi connectivity index (χ0n) is 12.5. The Labute approximate surface area is 114 Å². The van der Waals surface area contributed by atoms with Crippen molar-refractivity contribution in [1.82, 2.24) is 10.2 Å². The molecule has 2 fully saturated rings. The molecule has 1 heterocycles. The van der Waals surface area contributed by atoms with Crippen molar-refractivity contribution in [2.75, 3.05) is 26.2 Å². The molecular formula is C16H32N2. The van der Waals surface area contributed by atoms with Crippen LogP contribution in [-0.2, 0) is 0 Å². The van der Waals surface area contributed by atoms with Gasteiger partial charge in [-0.25, -0.2) is 0 Å². The fourth-order valence-electron chi connectivity index (χ4n) is 3.96. The Morgan fingerprint density at radius 2 is 2.00 bits per heavy atom. The summed E-state index contributed by atoms with van der Waals surface area (Å²) in [5, 5.41) is 3.63. The predicted molar refractivity (Wildman–Crippen MR) is 78.9 cm³/mol. The molecule has 0 aromatic carbocycles. The van der Waals surface area contributed by atoms with Crippen LogP contribution in [0.25, 0.3) is 0 Å². The van der Waals surface area contributed by atoms with Crippen LogP contribution in [0.2, 0.25) is 0 Å². The van der Waals surface area contributed by atoms with Crippen LogP contribution in [-0.4, -0.2) is 37.1 Å². The second-order valence-corrected chi connectivity index (χ2v) is 6.56. The normalized spacial score (nSPS) is 29.3. The SMILES string of the molecule is CCCC(C)CN1CCNCC1C1CCCCC1. The summed E-state index contributed by atoms with van der Waals surface area (Å²) in [6.45, 7) is 9.79. The summed E-state index contributed by atoms with van der Waals surface area (Å²) >= 11 is 0. The zero-order chi connectivity index (χ0) is 12.8. The third-order valence-corrected chi connectivity index (χ3v) is 4.92. The van der Waals surface area contributed by atoms with Gasteiger partial charge in [-0.3, -0.25) is 4.90 Å². The van der Waals surface area contributed by atoms with E-state index in [1.165, 1.54) is 71.1 Å². The summed E-state index contributed by atoms with van der Waals surface area (Å²) in [5.74, 6) is 1.85. The molecule has 0 radical (unpaired) electrons. The average molecular weight is 252 g/mol. The van der Waals surface area contributed by atoms with Gasteiger partial charge < -0.3 is 5.32 Å². The van der Waals surface area contributed by atoms with Crippen molar-refractivity contribution in [2.45, 2.75) is 64.8 Å². The molecule has 1 saturated carbocycles. The van der Waals surface area contributed by atoms with Crippen molar-refractivity contribution >= 4 is 0 Å². The van der Waals surface area contributed by atoms with E-state index >= 15 is 0 Å². The maximum absolute atomic E-state index is 3.63. The monoisotopic (exact) mass is 252 g/mol. The van der Waals surface area contributed by atoms with Gasteiger partial charge in [0.25, 0.3) is 0 Å². The molecule has 0 bridgehead atoms. The van der Waals surface area contributed by atoms with Crippen molar-refractivity contribution in [3.8, 4) is 0 Å². The van der Waals surface area contributed by atoms with Gasteiger partial charge in [0.1, 0.15) is 0 Å². The Kier molecular flexibility index (Phi) is 5.97. The maximum Gasteiger partial charge on any atom is 0.0249 e. The first kappa shape index (κ1) is 14.3. The topological polar surface area (TPSA) is 15.3 Å². The average Bonchev–Trinajstić information content (AvgIpc) is 2.40. The molecule has 2 unspecified atom stereocenters. The zero-order valence-corrected chi connectivity index (χ0v) is 12.5. The van der Waals surface area contributed by atoms with E-state index in [1.807, 2.05) is 0 Å². The molecule has 106 valence electrons. The Balaban J connectivity index is 1.88.